The van der Waals surface area contributed by atoms with Crippen molar-refractivity contribution < 1.29 is 19.6 Å². The molecule has 0 saturated heterocycles. The van der Waals surface area contributed by atoms with Gasteiger partial charge < -0.3 is 4.74 Å². The number of unbranched alkanes of at least 4 members (excludes halogenated alkanes) is 5. The smallest absolute Gasteiger partial charge is 0.109 e. The molecule has 0 rings (SSSR count). The van der Waals surface area contributed by atoms with Crippen molar-refractivity contribution >= 4 is 0 Å². The third-order valence-electron chi connectivity index (χ3n) is 2.19. The van der Waals surface area contributed by atoms with Crippen LogP contribution in [0.4, 0.5) is 0 Å². The summed E-state index contributed by atoms with van der Waals surface area (Å²) in [4.78, 5) is 9.58. The van der Waals surface area contributed by atoms with Crippen LogP contribution in [-0.4, -0.2) is 26.4 Å². The molecule has 0 aliphatic rings. The van der Waals surface area contributed by atoms with Crippen molar-refractivity contribution in [2.75, 3.05) is 26.4 Å². The largest absolute Gasteiger partial charge is 0.379 e. The molecule has 16 heavy (non-hydrogen) atoms. The van der Waals surface area contributed by atoms with Crippen LogP contribution in [0, 0.1) is 0 Å². The maximum atomic E-state index is 5.06. The summed E-state index contributed by atoms with van der Waals surface area (Å²) in [5, 5.41) is 4.53. The normalized spacial score (nSPS) is 10.9. The van der Waals surface area contributed by atoms with E-state index in [1.54, 1.807) is 0 Å². The molecule has 0 spiro atoms. The first-order chi connectivity index (χ1) is 7.91. The van der Waals surface area contributed by atoms with Gasteiger partial charge in [0.25, 0.3) is 0 Å². The lowest BCUT2D eigenvalue weighted by molar-refractivity contribution is -0.513. The van der Waals surface area contributed by atoms with Crippen LogP contribution in [0.15, 0.2) is 0 Å². The van der Waals surface area contributed by atoms with E-state index in [4.69, 9.17) is 14.5 Å². The maximum absolute atomic E-state index is 5.06. The van der Waals surface area contributed by atoms with Crippen LogP contribution < -0.4 is 0 Å². The van der Waals surface area contributed by atoms with Crippen molar-refractivity contribution in [3.8, 4) is 0 Å². The molecule has 0 fully saturated rings. The van der Waals surface area contributed by atoms with Gasteiger partial charge in [0.05, 0.1) is 13.2 Å². The molecular weight excluding hydrogens is 208 g/mol. The lowest BCUT2D eigenvalue weighted by atomic mass is 10.1. The average Bonchev–Trinajstić information content (AvgIpc) is 2.31. The lowest BCUT2D eigenvalue weighted by Crippen LogP contribution is -2.05. The van der Waals surface area contributed by atoms with Crippen LogP contribution in [0.1, 0.15) is 52.4 Å². The van der Waals surface area contributed by atoms with E-state index in [-0.39, 0.29) is 0 Å². The van der Waals surface area contributed by atoms with Gasteiger partial charge in [-0.3, -0.25) is 0 Å². The third kappa shape index (κ3) is 13.8. The molecule has 4 nitrogen and oxygen atoms in total. The Morgan fingerprint density at radius 3 is 2.12 bits per heavy atom. The Kier molecular flexibility index (Phi) is 14.7. The summed E-state index contributed by atoms with van der Waals surface area (Å²) in [6.45, 7) is 6.40. The summed E-state index contributed by atoms with van der Waals surface area (Å²) < 4.78 is 5.06. The highest BCUT2D eigenvalue weighted by atomic mass is 17.5. The topological polar surface area (TPSA) is 36.9 Å². The highest BCUT2D eigenvalue weighted by molar-refractivity contribution is 4.42. The van der Waals surface area contributed by atoms with Gasteiger partial charge in [-0.2, -0.15) is 0 Å². The first-order valence-electron chi connectivity index (χ1n) is 6.40. The van der Waals surface area contributed by atoms with Crippen LogP contribution >= 0.6 is 0 Å². The summed E-state index contributed by atoms with van der Waals surface area (Å²) in [7, 11) is 0. The Bertz CT molecular complexity index is 106. The summed E-state index contributed by atoms with van der Waals surface area (Å²) in [6.07, 6.45) is 7.44. The van der Waals surface area contributed by atoms with Gasteiger partial charge in [-0.1, -0.05) is 44.1 Å². The molecule has 0 aliphatic heterocycles. The van der Waals surface area contributed by atoms with E-state index in [9.17, 15) is 0 Å². The second-order valence-electron chi connectivity index (χ2n) is 3.68. The van der Waals surface area contributed by atoms with Gasteiger partial charge in [0.15, 0.2) is 0 Å². The standard InChI is InChI=1S/C12H26O4/c1-3-5-6-7-8-9-10-14-16-15-12-11-13-4-2/h3-12H2,1-2H3. The van der Waals surface area contributed by atoms with Gasteiger partial charge in [-0.05, 0) is 13.3 Å². The Labute approximate surface area is 99.1 Å². The molecule has 0 saturated carbocycles. The molecule has 4 heteroatoms. The second kappa shape index (κ2) is 14.8. The molecule has 0 aromatic carbocycles. The fourth-order valence-corrected chi connectivity index (χ4v) is 1.28. The Hall–Kier alpha value is -0.160. The SMILES string of the molecule is CCCCCCCCOOOCCOCC. The molecule has 0 unspecified atom stereocenters. The van der Waals surface area contributed by atoms with E-state index in [2.05, 4.69) is 12.0 Å². The number of hydrogen-bond donors (Lipinski definition) is 0. The maximum Gasteiger partial charge on any atom is 0.109 e. The molecule has 0 radical (unpaired) electrons. The molecular formula is C12H26O4. The Morgan fingerprint density at radius 2 is 1.38 bits per heavy atom. The van der Waals surface area contributed by atoms with Crippen molar-refractivity contribution in [2.24, 2.45) is 0 Å². The quantitative estimate of drug-likeness (QED) is 0.278. The summed E-state index contributed by atoms with van der Waals surface area (Å²) in [5.74, 6) is 0. The molecule has 0 atom stereocenters. The fraction of sp³-hybridized carbons (Fsp3) is 1.00. The van der Waals surface area contributed by atoms with Gasteiger partial charge in [0.1, 0.15) is 6.61 Å². The van der Waals surface area contributed by atoms with Gasteiger partial charge in [0, 0.05) is 6.61 Å². The Balaban J connectivity index is 2.83. The monoisotopic (exact) mass is 234 g/mol. The third-order valence-corrected chi connectivity index (χ3v) is 2.19. The minimum Gasteiger partial charge on any atom is -0.379 e. The molecule has 0 heterocycles. The van der Waals surface area contributed by atoms with Crippen molar-refractivity contribution in [1.29, 1.82) is 0 Å². The van der Waals surface area contributed by atoms with Gasteiger partial charge in [0.2, 0.25) is 0 Å². The molecule has 0 aromatic rings. The van der Waals surface area contributed by atoms with E-state index in [0.29, 0.717) is 26.4 Å². The van der Waals surface area contributed by atoms with E-state index in [0.717, 1.165) is 6.42 Å². The highest BCUT2D eigenvalue weighted by Gasteiger charge is 1.93. The first kappa shape index (κ1) is 15.8. The number of hydrogen-bond acceptors (Lipinski definition) is 4. The van der Waals surface area contributed by atoms with Crippen molar-refractivity contribution in [1.82, 2.24) is 0 Å². The molecule has 0 aromatic heterocycles. The summed E-state index contributed by atoms with van der Waals surface area (Å²) in [6, 6.07) is 0. The minimum atomic E-state index is 0.407. The fourth-order valence-electron chi connectivity index (χ4n) is 1.28. The van der Waals surface area contributed by atoms with Crippen LogP contribution in [0.25, 0.3) is 0 Å². The van der Waals surface area contributed by atoms with Crippen molar-refractivity contribution in [3.05, 3.63) is 0 Å². The molecule has 98 valence electrons. The van der Waals surface area contributed by atoms with Crippen LogP contribution in [-0.2, 0) is 19.6 Å². The second-order valence-corrected chi connectivity index (χ2v) is 3.68. The van der Waals surface area contributed by atoms with Gasteiger partial charge in [-0.15, -0.1) is 0 Å². The van der Waals surface area contributed by atoms with Gasteiger partial charge in [-0.25, -0.2) is 9.78 Å². The van der Waals surface area contributed by atoms with Crippen LogP contribution in [0.2, 0.25) is 0 Å². The van der Waals surface area contributed by atoms with Crippen molar-refractivity contribution in [3.63, 3.8) is 0 Å². The van der Waals surface area contributed by atoms with Gasteiger partial charge >= 0.3 is 0 Å². The summed E-state index contributed by atoms with van der Waals surface area (Å²) in [5.41, 5.74) is 0. The zero-order valence-electron chi connectivity index (χ0n) is 10.7. The van der Waals surface area contributed by atoms with E-state index < -0.39 is 0 Å². The van der Waals surface area contributed by atoms with Crippen LogP contribution in [0.3, 0.4) is 0 Å². The average molecular weight is 234 g/mol. The number of ether oxygens (including phenoxy) is 1. The first-order valence-corrected chi connectivity index (χ1v) is 6.40. The predicted molar refractivity (Wildman–Crippen MR) is 62.9 cm³/mol. The van der Waals surface area contributed by atoms with E-state index in [1.807, 2.05) is 6.92 Å². The summed E-state index contributed by atoms with van der Waals surface area (Å²) >= 11 is 0. The minimum absolute atomic E-state index is 0.407. The number of rotatable bonds is 13. The zero-order valence-corrected chi connectivity index (χ0v) is 10.7. The molecule has 0 aliphatic carbocycles. The Morgan fingerprint density at radius 1 is 0.688 bits per heavy atom. The van der Waals surface area contributed by atoms with Crippen LogP contribution in [0.5, 0.6) is 0 Å². The highest BCUT2D eigenvalue weighted by Crippen LogP contribution is 2.04. The van der Waals surface area contributed by atoms with E-state index >= 15 is 0 Å². The molecule has 0 amide bonds. The predicted octanol–water partition coefficient (Wildman–Crippen LogP) is 3.26. The molecule has 0 bridgehead atoms. The lowest BCUT2D eigenvalue weighted by Gasteiger charge is -2.03. The zero-order chi connectivity index (χ0) is 11.9. The molecule has 0 N–H and O–H groups in total. The van der Waals surface area contributed by atoms with Crippen molar-refractivity contribution in [2.45, 2.75) is 52.4 Å². The van der Waals surface area contributed by atoms with E-state index in [1.165, 1.54) is 32.1 Å².